The van der Waals surface area contributed by atoms with Crippen molar-refractivity contribution < 1.29 is 13.7 Å². The van der Waals surface area contributed by atoms with Crippen LogP contribution in [0.4, 0.5) is 14.5 Å². The molecule has 0 N–H and O–H groups in total. The Kier molecular flexibility index (Phi) is 3.37. The van der Waals surface area contributed by atoms with E-state index >= 15 is 0 Å². The van der Waals surface area contributed by atoms with E-state index in [4.69, 9.17) is 0 Å². The molecule has 0 bridgehead atoms. The normalized spacial score (nSPS) is 10.4. The average molecular weight is 266 g/mol. The van der Waals surface area contributed by atoms with Crippen LogP contribution in [0.15, 0.2) is 41.3 Å². The molecule has 0 aliphatic carbocycles. The largest absolute Gasteiger partial charge is 0.334 e. The number of aromatic nitrogens is 1. The fourth-order valence-corrected chi connectivity index (χ4v) is 1.64. The molecule has 1 aromatic heterocycles. The first-order valence-electron chi connectivity index (χ1n) is 5.27. The average Bonchev–Trinajstić information content (AvgIpc) is 2.37. The van der Waals surface area contributed by atoms with E-state index in [1.807, 2.05) is 0 Å². The van der Waals surface area contributed by atoms with Gasteiger partial charge in [-0.1, -0.05) is 12.1 Å². The standard InChI is InChI=1S/C12H8F2N2O3/c13-9-4-1-3-8(11(9)14)7-15-6-2-5-10(12(15)17)16(18)19/h1-6H,7H2. The Morgan fingerprint density at radius 1 is 1.21 bits per heavy atom. The van der Waals surface area contributed by atoms with Crippen molar-refractivity contribution in [2.75, 3.05) is 0 Å². The Morgan fingerprint density at radius 2 is 1.95 bits per heavy atom. The van der Waals surface area contributed by atoms with Gasteiger partial charge in [-0.15, -0.1) is 0 Å². The van der Waals surface area contributed by atoms with Gasteiger partial charge in [-0.25, -0.2) is 8.78 Å². The Morgan fingerprint density at radius 3 is 2.63 bits per heavy atom. The minimum atomic E-state index is -1.07. The number of nitrogens with zero attached hydrogens (tertiary/aromatic N) is 2. The van der Waals surface area contributed by atoms with Gasteiger partial charge in [-0.05, 0) is 12.1 Å². The SMILES string of the molecule is O=c1c([N+](=O)[O-])cccn1Cc1cccc(F)c1F. The first kappa shape index (κ1) is 12.9. The molecule has 0 radical (unpaired) electrons. The molecule has 0 aliphatic rings. The minimum Gasteiger partial charge on any atom is -0.305 e. The summed E-state index contributed by atoms with van der Waals surface area (Å²) < 4.78 is 27.4. The van der Waals surface area contributed by atoms with Gasteiger partial charge in [0.1, 0.15) is 0 Å². The first-order valence-corrected chi connectivity index (χ1v) is 5.27. The Hall–Kier alpha value is -2.57. The molecular weight excluding hydrogens is 258 g/mol. The van der Waals surface area contributed by atoms with Crippen LogP contribution in [0.1, 0.15) is 5.56 Å². The summed E-state index contributed by atoms with van der Waals surface area (Å²) in [6.07, 6.45) is 1.28. The molecule has 0 saturated heterocycles. The summed E-state index contributed by atoms with van der Waals surface area (Å²) in [5.74, 6) is -2.10. The molecule has 1 aromatic carbocycles. The van der Waals surface area contributed by atoms with Crippen molar-refractivity contribution in [3.63, 3.8) is 0 Å². The van der Waals surface area contributed by atoms with Crippen LogP contribution >= 0.6 is 0 Å². The Labute approximate surface area is 105 Å². The van der Waals surface area contributed by atoms with Crippen LogP contribution in [0.25, 0.3) is 0 Å². The van der Waals surface area contributed by atoms with Crippen LogP contribution in [0.5, 0.6) is 0 Å². The zero-order valence-corrected chi connectivity index (χ0v) is 9.55. The number of nitro groups is 1. The lowest BCUT2D eigenvalue weighted by molar-refractivity contribution is -0.386. The molecule has 7 heteroatoms. The van der Waals surface area contributed by atoms with E-state index in [1.54, 1.807) is 0 Å². The summed E-state index contributed by atoms with van der Waals surface area (Å²) in [6, 6.07) is 5.92. The lowest BCUT2D eigenvalue weighted by Crippen LogP contribution is -2.22. The van der Waals surface area contributed by atoms with Gasteiger partial charge in [0, 0.05) is 17.8 Å². The van der Waals surface area contributed by atoms with Crippen molar-refractivity contribution >= 4 is 5.69 Å². The zero-order chi connectivity index (χ0) is 14.0. The van der Waals surface area contributed by atoms with Crippen molar-refractivity contribution in [1.82, 2.24) is 4.57 Å². The van der Waals surface area contributed by atoms with E-state index < -0.39 is 27.8 Å². The third kappa shape index (κ3) is 2.49. The highest BCUT2D eigenvalue weighted by atomic mass is 19.2. The maximum absolute atomic E-state index is 13.5. The lowest BCUT2D eigenvalue weighted by atomic mass is 10.2. The van der Waals surface area contributed by atoms with Crippen LogP contribution in [-0.4, -0.2) is 9.49 Å². The second-order valence-electron chi connectivity index (χ2n) is 3.80. The second-order valence-corrected chi connectivity index (χ2v) is 3.80. The molecule has 0 atom stereocenters. The Bertz CT molecular complexity index is 698. The predicted molar refractivity (Wildman–Crippen MR) is 62.8 cm³/mol. The first-order chi connectivity index (χ1) is 9.00. The molecule has 0 amide bonds. The molecule has 2 aromatic rings. The molecule has 0 unspecified atom stereocenters. The summed E-state index contributed by atoms with van der Waals surface area (Å²) >= 11 is 0. The van der Waals surface area contributed by atoms with Gasteiger partial charge in [0.25, 0.3) is 0 Å². The molecule has 5 nitrogen and oxygen atoms in total. The third-order valence-corrected chi connectivity index (χ3v) is 2.57. The number of pyridine rings is 1. The summed E-state index contributed by atoms with van der Waals surface area (Å²) in [4.78, 5) is 21.5. The maximum Gasteiger partial charge on any atom is 0.334 e. The summed E-state index contributed by atoms with van der Waals surface area (Å²) in [6.45, 7) is -0.274. The van der Waals surface area contributed by atoms with Crippen molar-refractivity contribution in [1.29, 1.82) is 0 Å². The van der Waals surface area contributed by atoms with E-state index in [-0.39, 0.29) is 12.1 Å². The molecule has 0 saturated carbocycles. The maximum atomic E-state index is 13.5. The van der Waals surface area contributed by atoms with Gasteiger partial charge < -0.3 is 4.57 Å². The van der Waals surface area contributed by atoms with Gasteiger partial charge >= 0.3 is 11.2 Å². The summed E-state index contributed by atoms with van der Waals surface area (Å²) in [7, 11) is 0. The van der Waals surface area contributed by atoms with Gasteiger partial charge in [0.05, 0.1) is 11.5 Å². The molecular formula is C12H8F2N2O3. The van der Waals surface area contributed by atoms with E-state index in [0.717, 1.165) is 16.7 Å². The molecule has 1 heterocycles. The Balaban J connectivity index is 2.45. The van der Waals surface area contributed by atoms with Crippen LogP contribution in [0.3, 0.4) is 0 Å². The van der Waals surface area contributed by atoms with Gasteiger partial charge in [0.2, 0.25) is 0 Å². The van der Waals surface area contributed by atoms with E-state index in [2.05, 4.69) is 0 Å². The zero-order valence-electron chi connectivity index (χ0n) is 9.55. The summed E-state index contributed by atoms with van der Waals surface area (Å²) in [5, 5.41) is 10.6. The molecule has 98 valence electrons. The lowest BCUT2D eigenvalue weighted by Gasteiger charge is -2.06. The number of benzene rings is 1. The van der Waals surface area contributed by atoms with E-state index in [9.17, 15) is 23.7 Å². The van der Waals surface area contributed by atoms with Gasteiger partial charge in [0.15, 0.2) is 11.6 Å². The fourth-order valence-electron chi connectivity index (χ4n) is 1.64. The predicted octanol–water partition coefficient (Wildman–Crippen LogP) is 2.08. The molecule has 19 heavy (non-hydrogen) atoms. The fraction of sp³-hybridized carbons (Fsp3) is 0.0833. The number of rotatable bonds is 3. The monoisotopic (exact) mass is 266 g/mol. The molecule has 0 fully saturated rings. The summed E-state index contributed by atoms with van der Waals surface area (Å²) in [5.41, 5.74) is -1.53. The van der Waals surface area contributed by atoms with E-state index in [0.29, 0.717) is 0 Å². The van der Waals surface area contributed by atoms with Crippen LogP contribution < -0.4 is 5.56 Å². The number of hydrogen-bond acceptors (Lipinski definition) is 3. The topological polar surface area (TPSA) is 65.1 Å². The highest BCUT2D eigenvalue weighted by Crippen LogP contribution is 2.12. The highest BCUT2D eigenvalue weighted by molar-refractivity contribution is 5.26. The van der Waals surface area contributed by atoms with Crippen molar-refractivity contribution in [3.05, 3.63) is 74.2 Å². The van der Waals surface area contributed by atoms with Crippen LogP contribution in [0, 0.1) is 21.7 Å². The number of hydrogen-bond donors (Lipinski definition) is 0. The second kappa shape index (κ2) is 4.97. The molecule has 0 aliphatic heterocycles. The van der Waals surface area contributed by atoms with Crippen molar-refractivity contribution in [3.8, 4) is 0 Å². The molecule has 2 rings (SSSR count). The van der Waals surface area contributed by atoms with Gasteiger partial charge in [-0.2, -0.15) is 0 Å². The third-order valence-electron chi connectivity index (χ3n) is 2.57. The number of halogens is 2. The van der Waals surface area contributed by atoms with E-state index in [1.165, 1.54) is 24.4 Å². The van der Waals surface area contributed by atoms with Crippen LogP contribution in [0.2, 0.25) is 0 Å². The highest BCUT2D eigenvalue weighted by Gasteiger charge is 2.15. The van der Waals surface area contributed by atoms with Gasteiger partial charge in [-0.3, -0.25) is 14.9 Å². The molecule has 0 spiro atoms. The smallest absolute Gasteiger partial charge is 0.305 e. The van der Waals surface area contributed by atoms with Crippen molar-refractivity contribution in [2.45, 2.75) is 6.54 Å². The van der Waals surface area contributed by atoms with Crippen molar-refractivity contribution in [2.24, 2.45) is 0 Å². The van der Waals surface area contributed by atoms with Crippen LogP contribution in [-0.2, 0) is 6.54 Å². The minimum absolute atomic E-state index is 0.0532. The quantitative estimate of drug-likeness (QED) is 0.631.